The molecule has 0 spiro atoms. The zero-order valence-electron chi connectivity index (χ0n) is 71.4. The second-order valence-corrected chi connectivity index (χ2v) is 33.9. The van der Waals surface area contributed by atoms with E-state index in [1.807, 2.05) is 0 Å². The van der Waals surface area contributed by atoms with Gasteiger partial charge in [0.15, 0.2) is 0 Å². The Kier molecular flexibility index (Phi) is 51.5. The number of unbranched alkanes of at least 4 members (excludes halogenated alkanes) is 27. The zero-order valence-corrected chi connectivity index (χ0v) is 72.3. The zero-order chi connectivity index (χ0) is 91.6. The lowest BCUT2D eigenvalue weighted by Crippen LogP contribution is -2.71. The van der Waals surface area contributed by atoms with Crippen molar-refractivity contribution in [1.29, 1.82) is 0 Å². The van der Waals surface area contributed by atoms with Crippen LogP contribution >= 0.6 is 7.82 Å². The molecule has 3 aliphatic heterocycles. The molecule has 0 bridgehead atoms. The van der Waals surface area contributed by atoms with Gasteiger partial charge in [-0.3, -0.25) is 28.2 Å². The van der Waals surface area contributed by atoms with E-state index in [1.54, 1.807) is 6.08 Å². The van der Waals surface area contributed by atoms with Crippen LogP contribution in [-0.2, 0) is 89.8 Å². The normalized spacial score (nSPS) is 29.9. The molecule has 4 amide bonds. The van der Waals surface area contributed by atoms with Crippen molar-refractivity contribution >= 4 is 49.4 Å². The number of hydrogen-bond donors (Lipinski definition) is 23. The lowest BCUT2D eigenvalue weighted by Gasteiger charge is -2.50. The van der Waals surface area contributed by atoms with Gasteiger partial charge in [0.1, 0.15) is 111 Å². The molecule has 1 saturated carbocycles. The van der Waals surface area contributed by atoms with Crippen LogP contribution in [0.4, 0.5) is 0 Å². The third-order valence-corrected chi connectivity index (χ3v) is 23.5. The van der Waals surface area contributed by atoms with Gasteiger partial charge >= 0.3 is 25.7 Å². The van der Waals surface area contributed by atoms with Crippen LogP contribution in [0, 0.1) is 0 Å². The summed E-state index contributed by atoms with van der Waals surface area (Å²) >= 11 is 0. The van der Waals surface area contributed by atoms with Crippen LogP contribution in [0.1, 0.15) is 226 Å². The number of rotatable bonds is 65. The molecule has 23 N–H and O–H groups in total. The number of nitrogens with one attached hydrogen (secondary N) is 4. The van der Waals surface area contributed by atoms with E-state index in [0.717, 1.165) is 105 Å². The second kappa shape index (κ2) is 57.3. The Labute approximate surface area is 717 Å². The summed E-state index contributed by atoms with van der Waals surface area (Å²) in [5, 5.41) is 209. The first-order chi connectivity index (χ1) is 58.4. The van der Waals surface area contributed by atoms with E-state index in [0.29, 0.717) is 12.8 Å². The monoisotopic (exact) mass is 1800 g/mol. The number of carboxylic acids is 3. The number of ether oxygens (including phenoxy) is 9. The molecule has 3 heterocycles. The minimum Gasteiger partial charge on any atom is -0.477 e. The Balaban J connectivity index is 1.51. The van der Waals surface area contributed by atoms with Crippen molar-refractivity contribution in [2.75, 3.05) is 67.6 Å². The predicted molar refractivity (Wildman–Crippen MR) is 431 cm³/mol. The number of amides is 4. The van der Waals surface area contributed by atoms with Crippen molar-refractivity contribution in [3.05, 3.63) is 12.2 Å². The summed E-state index contributed by atoms with van der Waals surface area (Å²) in [4.78, 5) is 105. The van der Waals surface area contributed by atoms with E-state index < -0.39 is 272 Å². The van der Waals surface area contributed by atoms with E-state index in [4.69, 9.17) is 51.7 Å². The number of aliphatic carboxylic acids is 3. The van der Waals surface area contributed by atoms with E-state index in [-0.39, 0.29) is 6.42 Å². The quantitative estimate of drug-likeness (QED) is 0.0194. The summed E-state index contributed by atoms with van der Waals surface area (Å²) in [5.74, 6) is -21.2. The van der Waals surface area contributed by atoms with Crippen molar-refractivity contribution in [2.24, 2.45) is 0 Å². The minimum absolute atomic E-state index is 0.0135. The summed E-state index contributed by atoms with van der Waals surface area (Å²) in [6.07, 6.45) is -12.9. The number of phosphoric ester groups is 1. The average Bonchev–Trinajstić information content (AvgIpc) is 0.756. The summed E-state index contributed by atoms with van der Waals surface area (Å²) in [6.45, 7) is -2.97. The lowest BCUT2D eigenvalue weighted by molar-refractivity contribution is -0.350. The molecule has 27 unspecified atom stereocenters. The van der Waals surface area contributed by atoms with Gasteiger partial charge in [-0.1, -0.05) is 193 Å². The number of allylic oxidation sites excluding steroid dienone is 1. The molecule has 3 saturated heterocycles. The highest BCUT2D eigenvalue weighted by atomic mass is 31.2. The number of aliphatic hydroxyl groups excluding tert-OH is 15. The molecule has 716 valence electrons. The molecule has 4 aliphatic rings. The van der Waals surface area contributed by atoms with Gasteiger partial charge < -0.3 is 161 Å². The number of hydrogen-bond acceptors (Lipinski definition) is 34. The van der Waals surface area contributed by atoms with Gasteiger partial charge in [-0.25, -0.2) is 18.9 Å². The number of aliphatic hydroxyl groups is 15. The van der Waals surface area contributed by atoms with Crippen LogP contribution in [0.5, 0.6) is 0 Å². The first kappa shape index (κ1) is 111. The van der Waals surface area contributed by atoms with Crippen LogP contribution < -0.4 is 21.3 Å². The Hall–Kier alpha value is -4.82. The number of carboxylic acid groups (broad SMARTS) is 3. The van der Waals surface area contributed by atoms with Gasteiger partial charge in [0.2, 0.25) is 23.6 Å². The van der Waals surface area contributed by atoms with Crippen LogP contribution in [-0.4, -0.2) is 363 Å². The molecule has 43 heteroatoms. The molecule has 123 heavy (non-hydrogen) atoms. The first-order valence-corrected chi connectivity index (χ1v) is 44.7. The molecular formula is C80H143N4O38P. The highest BCUT2D eigenvalue weighted by Gasteiger charge is 2.63. The molecule has 4 fully saturated rings. The van der Waals surface area contributed by atoms with Crippen molar-refractivity contribution in [1.82, 2.24) is 21.3 Å². The van der Waals surface area contributed by atoms with E-state index in [1.165, 1.54) is 96.0 Å². The van der Waals surface area contributed by atoms with Crippen molar-refractivity contribution in [2.45, 2.75) is 383 Å². The fourth-order valence-corrected chi connectivity index (χ4v) is 16.4. The SMILES string of the molecule is CCCCCCCCCCCC=CC(O)C(COP(=O)(O)OC1C(O)C(O)C(O)C(OC2(C(=O)O)CC(O)C(NC(=O)COC3(C(=O)O)CC(O)C(NC(=O)COC4(C(=O)O)CC(O)C(NC(=O)CO)C(C(O)C(O)COC)O4)C(C(O)C(O)COC)O3)C(C(O)C(O)COC)O2)C1O)NC(=O)CCCCCCCCCCCCCCCCCCCCC. The molecule has 0 radical (unpaired) electrons. The summed E-state index contributed by atoms with van der Waals surface area (Å²) < 4.78 is 72.7. The smallest absolute Gasteiger partial charge is 0.472 e. The largest absolute Gasteiger partial charge is 0.477 e. The summed E-state index contributed by atoms with van der Waals surface area (Å²) in [7, 11) is -2.51. The van der Waals surface area contributed by atoms with Crippen molar-refractivity contribution in [3.63, 3.8) is 0 Å². The van der Waals surface area contributed by atoms with Crippen LogP contribution in [0.15, 0.2) is 12.2 Å². The van der Waals surface area contributed by atoms with Gasteiger partial charge in [0.05, 0.1) is 75.0 Å². The van der Waals surface area contributed by atoms with Crippen molar-refractivity contribution in [3.8, 4) is 0 Å². The van der Waals surface area contributed by atoms with E-state index in [2.05, 4.69) is 35.1 Å². The standard InChI is InChI=1S/C80H143N4O38P/c1-6-8-10-12-14-16-18-19-20-21-22-23-24-25-27-29-31-33-35-37-56(93)81-48(49(86)36-34-32-30-28-26-17-15-13-11-9-7-2)42-117-123(110,111)122-74-68(102)66(100)67(101)73(69(74)103)121-80(77(108)109)40-52(89)62(72(120-80)65(99)55(92)45-114-5)84-59(96)47-116-79(76(106)107)39-51(88)61(71(119-79)64(98)54(91)44-113-4)83-58(95)46-115-78(75(104)105)38-50(87)60(82-57(94)41-85)70(118-78)63(97)53(90)43-112-3/h34,36,48-55,60-74,85-92,97-103H,6-33,35,37-47H2,1-5H3,(H,81,93)(H,82,94)(H,83,95)(H,84,96)(H,104,105)(H,106,107)(H,108,109)(H,110,111). The van der Waals surface area contributed by atoms with E-state index in [9.17, 15) is 135 Å². The Bertz CT molecular complexity index is 3140. The van der Waals surface area contributed by atoms with Gasteiger partial charge in [0, 0.05) is 47.0 Å². The van der Waals surface area contributed by atoms with E-state index >= 15 is 0 Å². The third-order valence-electron chi connectivity index (χ3n) is 22.5. The maximum atomic E-state index is 14.1. The molecule has 4 rings (SSSR count). The molecule has 0 aromatic carbocycles. The topological polar surface area (TPSA) is 671 Å². The predicted octanol–water partition coefficient (Wildman–Crippen LogP) is -1.15. The maximum absolute atomic E-state index is 14.1. The lowest BCUT2D eigenvalue weighted by atomic mass is 9.84. The van der Waals surface area contributed by atoms with Gasteiger partial charge in [0.25, 0.3) is 17.4 Å². The van der Waals surface area contributed by atoms with Gasteiger partial charge in [-0.2, -0.15) is 0 Å². The average molecular weight is 1800 g/mol. The van der Waals surface area contributed by atoms with Crippen LogP contribution in [0.25, 0.3) is 0 Å². The molecular weight excluding hydrogens is 1660 g/mol. The molecule has 1 aliphatic carbocycles. The number of phosphoric acid groups is 1. The van der Waals surface area contributed by atoms with Crippen LogP contribution in [0.2, 0.25) is 0 Å². The number of carbonyl (C=O) groups is 7. The fourth-order valence-electron chi connectivity index (χ4n) is 15.5. The maximum Gasteiger partial charge on any atom is 0.472 e. The molecule has 0 aromatic heterocycles. The highest BCUT2D eigenvalue weighted by Crippen LogP contribution is 2.49. The second-order valence-electron chi connectivity index (χ2n) is 32.5. The molecule has 42 nitrogen and oxygen atoms in total. The van der Waals surface area contributed by atoms with Crippen molar-refractivity contribution < 1.29 is 187 Å². The summed E-state index contributed by atoms with van der Waals surface area (Å²) in [5.41, 5.74) is 0. The fraction of sp³-hybridized carbons (Fsp3) is 0.887. The Morgan fingerprint density at radius 3 is 1.13 bits per heavy atom. The molecule has 0 aromatic rings. The Morgan fingerprint density at radius 2 is 0.772 bits per heavy atom. The Morgan fingerprint density at radius 1 is 0.439 bits per heavy atom. The van der Waals surface area contributed by atoms with Gasteiger partial charge in [-0.05, 0) is 19.3 Å². The third kappa shape index (κ3) is 35.9. The van der Waals surface area contributed by atoms with Gasteiger partial charge in [-0.15, -0.1) is 0 Å². The highest BCUT2D eigenvalue weighted by molar-refractivity contribution is 7.47. The minimum atomic E-state index is -5.70. The first-order valence-electron chi connectivity index (χ1n) is 43.2. The number of methoxy groups -OCH3 is 3. The molecule has 27 atom stereocenters. The van der Waals surface area contributed by atoms with Crippen LogP contribution in [0.3, 0.4) is 0 Å². The number of carbonyl (C=O) groups excluding carboxylic acids is 4. The summed E-state index contributed by atoms with van der Waals surface area (Å²) in [6, 6.07) is -7.44.